The lowest BCUT2D eigenvalue weighted by Gasteiger charge is -2.22. The zero-order chi connectivity index (χ0) is 20.4. The zero-order valence-electron chi connectivity index (χ0n) is 15.9. The van der Waals surface area contributed by atoms with Gasteiger partial charge >= 0.3 is 0 Å². The molecule has 0 bridgehead atoms. The lowest BCUT2D eigenvalue weighted by Crippen LogP contribution is -2.28. The number of hydrogen-bond acceptors (Lipinski definition) is 5. The quantitative estimate of drug-likeness (QED) is 0.829. The van der Waals surface area contributed by atoms with Crippen LogP contribution in [0.3, 0.4) is 0 Å². The van der Waals surface area contributed by atoms with Gasteiger partial charge in [0.25, 0.3) is 0 Å². The Morgan fingerprint density at radius 2 is 1.62 bits per heavy atom. The van der Waals surface area contributed by atoms with Crippen LogP contribution < -0.4 is 25.0 Å². The molecule has 2 aromatic carbocycles. The molecule has 2 aromatic rings. The Kier molecular flexibility index (Phi) is 5.07. The fraction of sp³-hybridized carbons (Fsp3) is 0.286. The molecule has 0 radical (unpaired) electrons. The van der Waals surface area contributed by atoms with Crippen LogP contribution in [0.25, 0.3) is 0 Å². The Morgan fingerprint density at radius 3 is 2.31 bits per heavy atom. The van der Waals surface area contributed by atoms with E-state index in [2.05, 4.69) is 10.6 Å². The summed E-state index contributed by atoms with van der Waals surface area (Å²) < 4.78 is 11.1. The van der Waals surface area contributed by atoms with Crippen LogP contribution >= 0.6 is 0 Å². The van der Waals surface area contributed by atoms with Gasteiger partial charge in [-0.3, -0.25) is 14.4 Å². The van der Waals surface area contributed by atoms with Crippen LogP contribution in [0.2, 0.25) is 0 Å². The SMILES string of the molecule is CC(=O)Nc1ccc(NC(=O)[C@H]2CC(=O)N(c3ccc4c(c3)OCCO4)C2)cc1. The second-order valence-corrected chi connectivity index (χ2v) is 6.98. The summed E-state index contributed by atoms with van der Waals surface area (Å²) in [4.78, 5) is 37.8. The van der Waals surface area contributed by atoms with Crippen molar-refractivity contribution < 1.29 is 23.9 Å². The lowest BCUT2D eigenvalue weighted by atomic mass is 10.1. The van der Waals surface area contributed by atoms with E-state index < -0.39 is 5.92 Å². The predicted octanol–water partition coefficient (Wildman–Crippen LogP) is 2.41. The molecule has 2 heterocycles. The van der Waals surface area contributed by atoms with Crippen LogP contribution in [-0.4, -0.2) is 37.5 Å². The van der Waals surface area contributed by atoms with E-state index in [9.17, 15) is 14.4 Å². The maximum Gasteiger partial charge on any atom is 0.229 e. The summed E-state index contributed by atoms with van der Waals surface area (Å²) in [5.41, 5.74) is 1.94. The minimum atomic E-state index is -0.453. The molecule has 2 aliphatic heterocycles. The van der Waals surface area contributed by atoms with Gasteiger partial charge in [0, 0.05) is 43.0 Å². The van der Waals surface area contributed by atoms with Gasteiger partial charge < -0.3 is 25.0 Å². The van der Waals surface area contributed by atoms with E-state index in [1.165, 1.54) is 6.92 Å². The number of benzene rings is 2. The molecular weight excluding hydrogens is 374 g/mol. The summed E-state index contributed by atoms with van der Waals surface area (Å²) in [6.45, 7) is 2.70. The van der Waals surface area contributed by atoms with Crippen LogP contribution in [0.4, 0.5) is 17.1 Å². The molecule has 150 valence electrons. The maximum absolute atomic E-state index is 12.6. The second-order valence-electron chi connectivity index (χ2n) is 6.98. The van der Waals surface area contributed by atoms with Gasteiger partial charge in [0.05, 0.1) is 5.92 Å². The molecule has 0 aliphatic carbocycles. The van der Waals surface area contributed by atoms with Crippen molar-refractivity contribution in [2.24, 2.45) is 5.92 Å². The van der Waals surface area contributed by atoms with Crippen molar-refractivity contribution in [2.45, 2.75) is 13.3 Å². The van der Waals surface area contributed by atoms with Gasteiger partial charge in [-0.25, -0.2) is 0 Å². The third kappa shape index (κ3) is 4.16. The second kappa shape index (κ2) is 7.83. The Morgan fingerprint density at radius 1 is 0.966 bits per heavy atom. The van der Waals surface area contributed by atoms with E-state index in [0.29, 0.717) is 48.3 Å². The smallest absolute Gasteiger partial charge is 0.229 e. The number of rotatable bonds is 4. The van der Waals surface area contributed by atoms with Crippen molar-refractivity contribution >= 4 is 34.8 Å². The minimum absolute atomic E-state index is 0.108. The summed E-state index contributed by atoms with van der Waals surface area (Å²) >= 11 is 0. The molecule has 4 rings (SSSR count). The first-order valence-corrected chi connectivity index (χ1v) is 9.38. The fourth-order valence-electron chi connectivity index (χ4n) is 3.42. The van der Waals surface area contributed by atoms with Gasteiger partial charge in [0.2, 0.25) is 17.7 Å². The van der Waals surface area contributed by atoms with Crippen LogP contribution in [0, 0.1) is 5.92 Å². The normalized spacial score (nSPS) is 17.8. The summed E-state index contributed by atoms with van der Waals surface area (Å²) in [7, 11) is 0. The predicted molar refractivity (Wildman–Crippen MR) is 107 cm³/mol. The number of carbonyl (C=O) groups excluding carboxylic acids is 3. The third-order valence-corrected chi connectivity index (χ3v) is 4.81. The van der Waals surface area contributed by atoms with Crippen molar-refractivity contribution in [1.82, 2.24) is 0 Å². The van der Waals surface area contributed by atoms with Crippen molar-refractivity contribution in [2.75, 3.05) is 35.3 Å². The van der Waals surface area contributed by atoms with Gasteiger partial charge in [-0.2, -0.15) is 0 Å². The Hall–Kier alpha value is -3.55. The monoisotopic (exact) mass is 395 g/mol. The minimum Gasteiger partial charge on any atom is -0.486 e. The topological polar surface area (TPSA) is 97.0 Å². The molecule has 1 fully saturated rings. The van der Waals surface area contributed by atoms with Crippen LogP contribution in [0.15, 0.2) is 42.5 Å². The maximum atomic E-state index is 12.6. The highest BCUT2D eigenvalue weighted by molar-refractivity contribution is 6.03. The molecule has 8 nitrogen and oxygen atoms in total. The number of ether oxygens (including phenoxy) is 2. The van der Waals surface area contributed by atoms with Crippen molar-refractivity contribution in [3.8, 4) is 11.5 Å². The summed E-state index contributed by atoms with van der Waals surface area (Å²) in [6.07, 6.45) is 0.143. The van der Waals surface area contributed by atoms with E-state index >= 15 is 0 Å². The van der Waals surface area contributed by atoms with Gasteiger partial charge in [-0.15, -0.1) is 0 Å². The number of fused-ring (bicyclic) bond motifs is 1. The zero-order valence-corrected chi connectivity index (χ0v) is 15.9. The summed E-state index contributed by atoms with van der Waals surface area (Å²) in [5, 5.41) is 5.50. The average molecular weight is 395 g/mol. The van der Waals surface area contributed by atoms with Crippen LogP contribution in [-0.2, 0) is 14.4 Å². The number of amides is 3. The standard InChI is InChI=1S/C21H21N3O5/c1-13(25)22-15-2-4-16(5-3-15)23-21(27)14-10-20(26)24(12-14)17-6-7-18-19(11-17)29-9-8-28-18/h2-7,11,14H,8-10,12H2,1H3,(H,22,25)(H,23,27)/t14-/m0/s1. The van der Waals surface area contributed by atoms with E-state index in [4.69, 9.17) is 9.47 Å². The van der Waals surface area contributed by atoms with Crippen molar-refractivity contribution in [3.05, 3.63) is 42.5 Å². The van der Waals surface area contributed by atoms with Crippen molar-refractivity contribution in [1.29, 1.82) is 0 Å². The number of nitrogens with zero attached hydrogens (tertiary/aromatic N) is 1. The molecule has 2 N–H and O–H groups in total. The highest BCUT2D eigenvalue weighted by atomic mass is 16.6. The Bertz CT molecular complexity index is 957. The molecule has 29 heavy (non-hydrogen) atoms. The average Bonchev–Trinajstić information content (AvgIpc) is 3.10. The molecule has 0 aromatic heterocycles. The molecule has 1 atom stereocenters. The molecular formula is C21H21N3O5. The third-order valence-electron chi connectivity index (χ3n) is 4.81. The summed E-state index contributed by atoms with van der Waals surface area (Å²) in [6, 6.07) is 12.2. The van der Waals surface area contributed by atoms with E-state index in [0.717, 1.165) is 0 Å². The van der Waals surface area contributed by atoms with E-state index in [1.807, 2.05) is 0 Å². The fourth-order valence-corrected chi connectivity index (χ4v) is 3.42. The largest absolute Gasteiger partial charge is 0.486 e. The highest BCUT2D eigenvalue weighted by Gasteiger charge is 2.35. The van der Waals surface area contributed by atoms with Gasteiger partial charge in [-0.1, -0.05) is 0 Å². The number of carbonyl (C=O) groups is 3. The molecule has 1 saturated heterocycles. The van der Waals surface area contributed by atoms with Crippen LogP contribution in [0.5, 0.6) is 11.5 Å². The summed E-state index contributed by atoms with van der Waals surface area (Å²) in [5.74, 6) is 0.321. The number of nitrogens with one attached hydrogen (secondary N) is 2. The van der Waals surface area contributed by atoms with Gasteiger partial charge in [0.15, 0.2) is 11.5 Å². The first-order chi connectivity index (χ1) is 14.0. The molecule has 0 spiro atoms. The highest BCUT2D eigenvalue weighted by Crippen LogP contribution is 2.36. The molecule has 8 heteroatoms. The number of anilines is 3. The first kappa shape index (κ1) is 18.8. The Balaban J connectivity index is 1.41. The van der Waals surface area contributed by atoms with Gasteiger partial charge in [-0.05, 0) is 36.4 Å². The Labute approximate surface area is 167 Å². The van der Waals surface area contributed by atoms with Crippen LogP contribution in [0.1, 0.15) is 13.3 Å². The van der Waals surface area contributed by atoms with Crippen molar-refractivity contribution in [3.63, 3.8) is 0 Å². The molecule has 2 aliphatic rings. The van der Waals surface area contributed by atoms with E-state index in [1.54, 1.807) is 47.4 Å². The molecule has 3 amide bonds. The molecule has 0 saturated carbocycles. The molecule has 0 unspecified atom stereocenters. The van der Waals surface area contributed by atoms with Gasteiger partial charge in [0.1, 0.15) is 13.2 Å². The first-order valence-electron chi connectivity index (χ1n) is 9.38. The lowest BCUT2D eigenvalue weighted by molar-refractivity contribution is -0.122. The van der Waals surface area contributed by atoms with E-state index in [-0.39, 0.29) is 24.1 Å². The number of hydrogen-bond donors (Lipinski definition) is 2.